The normalized spacial score (nSPS) is 9.69. The molecule has 86 valence electrons. The largest absolute Gasteiger partial charge is 0.459 e. The summed E-state index contributed by atoms with van der Waals surface area (Å²) in [5.41, 5.74) is 0.640. The Kier molecular flexibility index (Phi) is 4.49. The van der Waals surface area contributed by atoms with E-state index < -0.39 is 11.9 Å². The second-order valence-electron chi connectivity index (χ2n) is 3.06. The van der Waals surface area contributed by atoms with Gasteiger partial charge in [0.2, 0.25) is 0 Å². The molecule has 0 saturated heterocycles. The van der Waals surface area contributed by atoms with Gasteiger partial charge in [0.05, 0.1) is 6.61 Å². The minimum absolute atomic E-state index is 0.193. The number of nitrogens with zero attached hydrogens (tertiary/aromatic N) is 1. The van der Waals surface area contributed by atoms with E-state index in [1.807, 2.05) is 0 Å². The smallest absolute Gasteiger partial charge is 0.397 e. The van der Waals surface area contributed by atoms with Gasteiger partial charge in [0.15, 0.2) is 0 Å². The first-order chi connectivity index (χ1) is 7.56. The van der Waals surface area contributed by atoms with E-state index in [0.717, 1.165) is 4.47 Å². The number of esters is 1. The molecule has 0 heterocycles. The predicted molar refractivity (Wildman–Crippen MR) is 64.2 cm³/mol. The Hall–Kier alpha value is -1.36. The van der Waals surface area contributed by atoms with Crippen molar-refractivity contribution in [3.05, 3.63) is 28.7 Å². The van der Waals surface area contributed by atoms with E-state index in [4.69, 9.17) is 0 Å². The second kappa shape index (κ2) is 5.65. The summed E-state index contributed by atoms with van der Waals surface area (Å²) in [5.74, 6) is -1.52. The summed E-state index contributed by atoms with van der Waals surface area (Å²) in [5, 5.41) is 0. The number of rotatable bonds is 2. The molecule has 0 unspecified atom stereocenters. The molecule has 0 aliphatic heterocycles. The molecule has 0 N–H and O–H groups in total. The first-order valence-electron chi connectivity index (χ1n) is 4.76. The number of hydrogen-bond acceptors (Lipinski definition) is 3. The van der Waals surface area contributed by atoms with Crippen LogP contribution in [0, 0.1) is 0 Å². The number of ether oxygens (including phenoxy) is 1. The average Bonchev–Trinajstić information content (AvgIpc) is 2.28. The van der Waals surface area contributed by atoms with Gasteiger partial charge >= 0.3 is 11.9 Å². The van der Waals surface area contributed by atoms with Gasteiger partial charge in [-0.1, -0.05) is 15.9 Å². The Morgan fingerprint density at radius 2 is 1.88 bits per heavy atom. The van der Waals surface area contributed by atoms with Crippen molar-refractivity contribution in [2.24, 2.45) is 0 Å². The topological polar surface area (TPSA) is 46.6 Å². The molecule has 0 fully saturated rings. The fourth-order valence-electron chi connectivity index (χ4n) is 1.11. The van der Waals surface area contributed by atoms with Gasteiger partial charge in [-0.25, -0.2) is 4.79 Å². The molecule has 0 radical (unpaired) electrons. The number of anilines is 1. The van der Waals surface area contributed by atoms with Gasteiger partial charge in [-0.05, 0) is 31.2 Å². The molecular weight excluding hydrogens is 274 g/mol. The maximum atomic E-state index is 11.6. The van der Waals surface area contributed by atoms with Crippen LogP contribution in [0.3, 0.4) is 0 Å². The van der Waals surface area contributed by atoms with Crippen LogP contribution in [-0.2, 0) is 14.3 Å². The summed E-state index contributed by atoms with van der Waals surface area (Å²) in [4.78, 5) is 24.0. The Morgan fingerprint density at radius 1 is 1.31 bits per heavy atom. The summed E-state index contributed by atoms with van der Waals surface area (Å²) < 4.78 is 5.54. The number of amides is 1. The molecule has 0 aliphatic carbocycles. The molecule has 1 aromatic carbocycles. The number of halogens is 1. The van der Waals surface area contributed by atoms with E-state index in [1.165, 1.54) is 11.9 Å². The Bertz CT molecular complexity index is 389. The highest BCUT2D eigenvalue weighted by Gasteiger charge is 2.20. The van der Waals surface area contributed by atoms with Crippen molar-refractivity contribution < 1.29 is 14.3 Å². The van der Waals surface area contributed by atoms with Gasteiger partial charge in [0.1, 0.15) is 0 Å². The van der Waals surface area contributed by atoms with E-state index in [9.17, 15) is 9.59 Å². The van der Waals surface area contributed by atoms with Crippen LogP contribution >= 0.6 is 15.9 Å². The molecule has 1 aromatic rings. The lowest BCUT2D eigenvalue weighted by molar-refractivity contribution is -0.153. The molecular formula is C11H12BrNO3. The molecule has 5 heteroatoms. The maximum Gasteiger partial charge on any atom is 0.397 e. The van der Waals surface area contributed by atoms with Gasteiger partial charge in [0, 0.05) is 17.2 Å². The van der Waals surface area contributed by atoms with Crippen molar-refractivity contribution in [3.8, 4) is 0 Å². The van der Waals surface area contributed by atoms with Crippen LogP contribution in [0.15, 0.2) is 28.7 Å². The summed E-state index contributed by atoms with van der Waals surface area (Å²) in [6, 6.07) is 7.07. The first kappa shape index (κ1) is 12.7. The molecule has 0 aromatic heterocycles. The van der Waals surface area contributed by atoms with Crippen LogP contribution in [-0.4, -0.2) is 25.5 Å². The van der Waals surface area contributed by atoms with E-state index in [1.54, 1.807) is 31.2 Å². The molecule has 0 atom stereocenters. The molecule has 1 rings (SSSR count). The van der Waals surface area contributed by atoms with Crippen molar-refractivity contribution >= 4 is 33.5 Å². The van der Waals surface area contributed by atoms with E-state index >= 15 is 0 Å². The van der Waals surface area contributed by atoms with Crippen LogP contribution in [0.2, 0.25) is 0 Å². The van der Waals surface area contributed by atoms with Gasteiger partial charge in [0.25, 0.3) is 0 Å². The van der Waals surface area contributed by atoms with Crippen molar-refractivity contribution in [2.75, 3.05) is 18.6 Å². The molecule has 0 spiro atoms. The van der Waals surface area contributed by atoms with E-state index in [2.05, 4.69) is 20.7 Å². The third-order valence-electron chi connectivity index (χ3n) is 1.97. The molecule has 16 heavy (non-hydrogen) atoms. The van der Waals surface area contributed by atoms with Crippen molar-refractivity contribution in [1.82, 2.24) is 0 Å². The Morgan fingerprint density at radius 3 is 2.38 bits per heavy atom. The van der Waals surface area contributed by atoms with Crippen LogP contribution in [0.1, 0.15) is 6.92 Å². The average molecular weight is 286 g/mol. The fourth-order valence-corrected chi connectivity index (χ4v) is 1.38. The minimum atomic E-state index is -0.840. The number of benzene rings is 1. The Balaban J connectivity index is 2.77. The lowest BCUT2D eigenvalue weighted by atomic mass is 10.3. The zero-order valence-electron chi connectivity index (χ0n) is 9.07. The minimum Gasteiger partial charge on any atom is -0.459 e. The van der Waals surface area contributed by atoms with Crippen molar-refractivity contribution in [3.63, 3.8) is 0 Å². The molecule has 0 saturated carbocycles. The van der Waals surface area contributed by atoms with Gasteiger partial charge in [-0.2, -0.15) is 0 Å². The molecule has 0 bridgehead atoms. The summed E-state index contributed by atoms with van der Waals surface area (Å²) >= 11 is 3.29. The highest BCUT2D eigenvalue weighted by Crippen LogP contribution is 2.17. The van der Waals surface area contributed by atoms with Crippen LogP contribution in [0.4, 0.5) is 5.69 Å². The second-order valence-corrected chi connectivity index (χ2v) is 3.98. The number of carbonyl (C=O) groups is 2. The van der Waals surface area contributed by atoms with Crippen molar-refractivity contribution in [2.45, 2.75) is 6.92 Å². The van der Waals surface area contributed by atoms with E-state index in [-0.39, 0.29) is 6.61 Å². The van der Waals surface area contributed by atoms with Gasteiger partial charge < -0.3 is 9.64 Å². The molecule has 4 nitrogen and oxygen atoms in total. The lowest BCUT2D eigenvalue weighted by Crippen LogP contribution is -2.34. The zero-order valence-corrected chi connectivity index (χ0v) is 10.7. The highest BCUT2D eigenvalue weighted by atomic mass is 79.9. The SMILES string of the molecule is CCOC(=O)C(=O)N(C)c1ccc(Br)cc1. The Labute approximate surface area is 102 Å². The van der Waals surface area contributed by atoms with Crippen LogP contribution in [0.25, 0.3) is 0 Å². The van der Waals surface area contributed by atoms with Crippen LogP contribution in [0.5, 0.6) is 0 Å². The predicted octanol–water partition coefficient (Wildman–Crippen LogP) is 1.97. The lowest BCUT2D eigenvalue weighted by Gasteiger charge is -2.15. The van der Waals surface area contributed by atoms with E-state index in [0.29, 0.717) is 5.69 Å². The summed E-state index contributed by atoms with van der Waals surface area (Å²) in [6.45, 7) is 1.85. The fraction of sp³-hybridized carbons (Fsp3) is 0.273. The third kappa shape index (κ3) is 3.06. The maximum absolute atomic E-state index is 11.6. The van der Waals surface area contributed by atoms with Crippen LogP contribution < -0.4 is 4.90 Å². The monoisotopic (exact) mass is 285 g/mol. The zero-order chi connectivity index (χ0) is 12.1. The standard InChI is InChI=1S/C11H12BrNO3/c1-3-16-11(15)10(14)13(2)9-6-4-8(12)5-7-9/h4-7H,3H2,1-2H3. The van der Waals surface area contributed by atoms with Crippen molar-refractivity contribution in [1.29, 1.82) is 0 Å². The molecule has 1 amide bonds. The highest BCUT2D eigenvalue weighted by molar-refractivity contribution is 9.10. The number of hydrogen-bond donors (Lipinski definition) is 0. The van der Waals surface area contributed by atoms with Gasteiger partial charge in [-0.3, -0.25) is 4.79 Å². The third-order valence-corrected chi connectivity index (χ3v) is 2.50. The molecule has 0 aliphatic rings. The number of likely N-dealkylation sites (N-methyl/N-ethyl adjacent to an activating group) is 1. The first-order valence-corrected chi connectivity index (χ1v) is 5.56. The summed E-state index contributed by atoms with van der Waals surface area (Å²) in [7, 11) is 1.53. The summed E-state index contributed by atoms with van der Waals surface area (Å²) in [6.07, 6.45) is 0. The van der Waals surface area contributed by atoms with Gasteiger partial charge in [-0.15, -0.1) is 0 Å². The number of carbonyl (C=O) groups excluding carboxylic acids is 2. The quantitative estimate of drug-likeness (QED) is 0.617.